The summed E-state index contributed by atoms with van der Waals surface area (Å²) in [4.78, 5) is 4.04. The molecule has 4 nitrogen and oxygen atoms in total. The first-order valence-electron chi connectivity index (χ1n) is 7.11. The average Bonchev–Trinajstić information content (AvgIpc) is 2.48. The molecule has 0 aliphatic carbocycles. The van der Waals surface area contributed by atoms with Crippen LogP contribution in [-0.2, 0) is 6.42 Å². The normalized spacial score (nSPS) is 11.3. The van der Waals surface area contributed by atoms with Gasteiger partial charge in [-0.2, -0.15) is 0 Å². The lowest BCUT2D eigenvalue weighted by Gasteiger charge is -2.19. The minimum absolute atomic E-state index is 0.0355. The third-order valence-electron chi connectivity index (χ3n) is 3.51. The van der Waals surface area contributed by atoms with Crippen LogP contribution in [0.25, 0.3) is 11.1 Å². The summed E-state index contributed by atoms with van der Waals surface area (Å²) in [5, 5.41) is 18.8. The van der Waals surface area contributed by atoms with Gasteiger partial charge in [-0.15, -0.1) is 0 Å². The lowest BCUT2D eigenvalue weighted by atomic mass is 9.88. The smallest absolute Gasteiger partial charge is 0.213 e. The zero-order valence-electron chi connectivity index (χ0n) is 12.9. The highest BCUT2D eigenvalue weighted by molar-refractivity contribution is 5.70. The van der Waals surface area contributed by atoms with Gasteiger partial charge in [0.2, 0.25) is 5.88 Å². The van der Waals surface area contributed by atoms with Crippen molar-refractivity contribution in [2.45, 2.75) is 32.5 Å². The standard InChI is InChI=1S/C17H20FNO3/c1-10(2)13-7-12(18)8-14(15(13)9-17(20)21)11-4-5-19-16(6-11)22-3/h4-8,10,17,20-21H,9H2,1-3H3. The van der Waals surface area contributed by atoms with E-state index in [9.17, 15) is 14.6 Å². The Kier molecular flexibility index (Phi) is 5.11. The second-order valence-electron chi connectivity index (χ2n) is 5.45. The van der Waals surface area contributed by atoms with E-state index < -0.39 is 6.29 Å². The molecule has 0 aliphatic rings. The highest BCUT2D eigenvalue weighted by atomic mass is 19.1. The van der Waals surface area contributed by atoms with Gasteiger partial charge in [-0.1, -0.05) is 13.8 Å². The number of pyridine rings is 1. The van der Waals surface area contributed by atoms with Crippen molar-refractivity contribution in [3.8, 4) is 17.0 Å². The van der Waals surface area contributed by atoms with E-state index in [1.165, 1.54) is 19.2 Å². The zero-order valence-corrected chi connectivity index (χ0v) is 12.9. The van der Waals surface area contributed by atoms with E-state index in [1.807, 2.05) is 13.8 Å². The van der Waals surface area contributed by atoms with Crippen molar-refractivity contribution in [3.63, 3.8) is 0 Å². The van der Waals surface area contributed by atoms with Crippen LogP contribution in [0.15, 0.2) is 30.5 Å². The minimum Gasteiger partial charge on any atom is -0.481 e. The topological polar surface area (TPSA) is 62.6 Å². The molecule has 0 fully saturated rings. The molecule has 0 saturated heterocycles. The summed E-state index contributed by atoms with van der Waals surface area (Å²) in [6.45, 7) is 3.89. The van der Waals surface area contributed by atoms with Crippen LogP contribution < -0.4 is 4.74 Å². The van der Waals surface area contributed by atoms with Crippen LogP contribution in [-0.4, -0.2) is 28.6 Å². The molecular weight excluding hydrogens is 285 g/mol. The number of methoxy groups -OCH3 is 1. The molecule has 0 spiro atoms. The number of nitrogens with zero attached hydrogens (tertiary/aromatic N) is 1. The lowest BCUT2D eigenvalue weighted by molar-refractivity contribution is -0.0382. The molecule has 1 aromatic carbocycles. The van der Waals surface area contributed by atoms with Crippen LogP contribution in [0.1, 0.15) is 30.9 Å². The van der Waals surface area contributed by atoms with Crippen molar-refractivity contribution in [1.82, 2.24) is 4.98 Å². The van der Waals surface area contributed by atoms with Gasteiger partial charge < -0.3 is 14.9 Å². The molecule has 22 heavy (non-hydrogen) atoms. The number of rotatable bonds is 5. The Bertz CT molecular complexity index is 656. The zero-order chi connectivity index (χ0) is 16.3. The Morgan fingerprint density at radius 1 is 1.23 bits per heavy atom. The number of aliphatic hydroxyl groups excluding tert-OH is 1. The molecule has 2 rings (SSSR count). The molecule has 2 N–H and O–H groups in total. The van der Waals surface area contributed by atoms with E-state index in [0.29, 0.717) is 11.4 Å². The van der Waals surface area contributed by atoms with Crippen LogP contribution in [0.2, 0.25) is 0 Å². The SMILES string of the molecule is COc1cc(-c2cc(F)cc(C(C)C)c2CC(O)O)ccn1. The highest BCUT2D eigenvalue weighted by Gasteiger charge is 2.17. The van der Waals surface area contributed by atoms with E-state index in [-0.39, 0.29) is 18.2 Å². The number of aromatic nitrogens is 1. The van der Waals surface area contributed by atoms with Crippen molar-refractivity contribution in [1.29, 1.82) is 0 Å². The first-order valence-corrected chi connectivity index (χ1v) is 7.11. The Morgan fingerprint density at radius 2 is 1.95 bits per heavy atom. The van der Waals surface area contributed by atoms with E-state index in [4.69, 9.17) is 4.74 Å². The third-order valence-corrected chi connectivity index (χ3v) is 3.51. The van der Waals surface area contributed by atoms with Crippen LogP contribution in [0.4, 0.5) is 4.39 Å². The summed E-state index contributed by atoms with van der Waals surface area (Å²) in [6, 6.07) is 6.30. The molecule has 1 heterocycles. The van der Waals surface area contributed by atoms with Crippen LogP contribution in [0, 0.1) is 5.82 Å². The summed E-state index contributed by atoms with van der Waals surface area (Å²) in [7, 11) is 1.51. The minimum atomic E-state index is -1.49. The molecule has 2 aromatic rings. The average molecular weight is 305 g/mol. The number of halogens is 1. The molecule has 0 amide bonds. The fraction of sp³-hybridized carbons (Fsp3) is 0.353. The maximum Gasteiger partial charge on any atom is 0.213 e. The predicted octanol–water partition coefficient (Wildman–Crippen LogP) is 2.87. The maximum atomic E-state index is 14.0. The van der Waals surface area contributed by atoms with Gasteiger partial charge in [0.1, 0.15) is 5.82 Å². The summed E-state index contributed by atoms with van der Waals surface area (Å²) in [6.07, 6.45) is 0.117. The molecule has 5 heteroatoms. The number of aliphatic hydroxyl groups is 2. The first kappa shape index (κ1) is 16.4. The fourth-order valence-corrected chi connectivity index (χ4v) is 2.53. The molecule has 118 valence electrons. The first-order chi connectivity index (χ1) is 10.4. The molecule has 1 aromatic heterocycles. The fourth-order valence-electron chi connectivity index (χ4n) is 2.53. The van der Waals surface area contributed by atoms with E-state index in [2.05, 4.69) is 4.98 Å². The van der Waals surface area contributed by atoms with E-state index in [1.54, 1.807) is 18.3 Å². The largest absolute Gasteiger partial charge is 0.481 e. The third kappa shape index (κ3) is 3.61. The maximum absolute atomic E-state index is 14.0. The Morgan fingerprint density at radius 3 is 2.55 bits per heavy atom. The second kappa shape index (κ2) is 6.85. The van der Waals surface area contributed by atoms with Crippen LogP contribution in [0.3, 0.4) is 0 Å². The Labute approximate surface area is 129 Å². The molecule has 0 bridgehead atoms. The summed E-state index contributed by atoms with van der Waals surface area (Å²) < 4.78 is 19.1. The number of hydrogen-bond acceptors (Lipinski definition) is 4. The van der Waals surface area contributed by atoms with Crippen molar-refractivity contribution < 1.29 is 19.3 Å². The van der Waals surface area contributed by atoms with Gasteiger partial charge in [0.05, 0.1) is 7.11 Å². The quantitative estimate of drug-likeness (QED) is 0.834. The van der Waals surface area contributed by atoms with Gasteiger partial charge in [0.15, 0.2) is 6.29 Å². The van der Waals surface area contributed by atoms with E-state index >= 15 is 0 Å². The van der Waals surface area contributed by atoms with Gasteiger partial charge in [-0.25, -0.2) is 9.37 Å². The predicted molar refractivity (Wildman–Crippen MR) is 82.2 cm³/mol. The van der Waals surface area contributed by atoms with Gasteiger partial charge in [-0.3, -0.25) is 0 Å². The van der Waals surface area contributed by atoms with Gasteiger partial charge in [-0.05, 0) is 46.4 Å². The number of benzene rings is 1. The van der Waals surface area contributed by atoms with Crippen molar-refractivity contribution >= 4 is 0 Å². The Balaban J connectivity index is 2.66. The molecule has 0 aliphatic heterocycles. The van der Waals surface area contributed by atoms with Crippen molar-refractivity contribution in [2.75, 3.05) is 7.11 Å². The van der Waals surface area contributed by atoms with Gasteiger partial charge >= 0.3 is 0 Å². The molecule has 0 atom stereocenters. The summed E-state index contributed by atoms with van der Waals surface area (Å²) >= 11 is 0. The molecule has 0 unspecified atom stereocenters. The molecule has 0 saturated carbocycles. The Hall–Kier alpha value is -1.98. The number of ether oxygens (including phenoxy) is 1. The van der Waals surface area contributed by atoms with Crippen molar-refractivity contribution in [2.24, 2.45) is 0 Å². The second-order valence-corrected chi connectivity index (χ2v) is 5.45. The highest BCUT2D eigenvalue weighted by Crippen LogP contribution is 2.33. The molecular formula is C17H20FNO3. The van der Waals surface area contributed by atoms with Crippen LogP contribution in [0.5, 0.6) is 5.88 Å². The molecule has 0 radical (unpaired) electrons. The monoisotopic (exact) mass is 305 g/mol. The van der Waals surface area contributed by atoms with Crippen molar-refractivity contribution in [3.05, 3.63) is 47.4 Å². The van der Waals surface area contributed by atoms with Gasteiger partial charge in [0, 0.05) is 18.7 Å². The lowest BCUT2D eigenvalue weighted by Crippen LogP contribution is -2.12. The number of hydrogen-bond donors (Lipinski definition) is 2. The van der Waals surface area contributed by atoms with E-state index in [0.717, 1.165) is 16.7 Å². The summed E-state index contributed by atoms with van der Waals surface area (Å²) in [5.74, 6) is 0.126. The van der Waals surface area contributed by atoms with Crippen LogP contribution >= 0.6 is 0 Å². The summed E-state index contributed by atoms with van der Waals surface area (Å²) in [5.41, 5.74) is 2.83. The van der Waals surface area contributed by atoms with Gasteiger partial charge in [0.25, 0.3) is 0 Å².